The highest BCUT2D eigenvalue weighted by Crippen LogP contribution is 2.25. The third kappa shape index (κ3) is 3.03. The molecule has 0 spiro atoms. The van der Waals surface area contributed by atoms with Gasteiger partial charge in [-0.3, -0.25) is 10.00 Å². The van der Waals surface area contributed by atoms with Gasteiger partial charge >= 0.3 is 6.03 Å². The van der Waals surface area contributed by atoms with E-state index in [1.54, 1.807) is 22.8 Å². The van der Waals surface area contributed by atoms with Gasteiger partial charge in [-0.1, -0.05) is 23.5 Å². The number of nitrogens with one attached hydrogen (secondary N) is 1. The van der Waals surface area contributed by atoms with Crippen LogP contribution in [-0.2, 0) is 13.6 Å². The number of aromatic nitrogens is 3. The molecule has 1 aromatic carbocycles. The molecule has 108 valence electrons. The number of nitrogens with zero attached hydrogens (tertiary/aromatic N) is 4. The van der Waals surface area contributed by atoms with E-state index in [0.29, 0.717) is 11.7 Å². The lowest BCUT2D eigenvalue weighted by Crippen LogP contribution is -2.30. The zero-order valence-electron chi connectivity index (χ0n) is 11.8. The van der Waals surface area contributed by atoms with Crippen molar-refractivity contribution in [2.45, 2.75) is 6.54 Å². The smallest absolute Gasteiger partial charge is 0.323 e. The Bertz CT molecular complexity index is 745. The summed E-state index contributed by atoms with van der Waals surface area (Å²) in [6.45, 7) is 0.505. The van der Waals surface area contributed by atoms with Crippen molar-refractivity contribution >= 4 is 32.7 Å². The molecule has 7 heteroatoms. The number of para-hydroxylation sites is 1. The first kappa shape index (κ1) is 13.6. The second-order valence-corrected chi connectivity index (χ2v) is 5.83. The third-order valence-electron chi connectivity index (χ3n) is 3.03. The normalized spacial score (nSPS) is 10.8. The molecule has 0 saturated carbocycles. The topological polar surface area (TPSA) is 63.1 Å². The van der Waals surface area contributed by atoms with E-state index >= 15 is 0 Å². The fourth-order valence-corrected chi connectivity index (χ4v) is 2.87. The molecule has 6 nitrogen and oxygen atoms in total. The van der Waals surface area contributed by atoms with Crippen molar-refractivity contribution in [3.8, 4) is 0 Å². The number of amides is 2. The monoisotopic (exact) mass is 301 g/mol. The molecule has 3 aromatic rings. The summed E-state index contributed by atoms with van der Waals surface area (Å²) in [5.41, 5.74) is 1.88. The number of carbonyl (C=O) groups is 1. The summed E-state index contributed by atoms with van der Waals surface area (Å²) < 4.78 is 2.77. The zero-order chi connectivity index (χ0) is 14.8. The minimum absolute atomic E-state index is 0.182. The molecular weight excluding hydrogens is 286 g/mol. The van der Waals surface area contributed by atoms with Gasteiger partial charge in [0.2, 0.25) is 0 Å². The largest absolute Gasteiger partial charge is 0.323 e. The molecule has 21 heavy (non-hydrogen) atoms. The molecule has 2 amide bonds. The highest BCUT2D eigenvalue weighted by molar-refractivity contribution is 7.22. The number of anilines is 1. The molecule has 2 heterocycles. The number of rotatable bonds is 3. The summed E-state index contributed by atoms with van der Waals surface area (Å²) in [6.07, 6.45) is 3.64. The van der Waals surface area contributed by atoms with Crippen LogP contribution in [0.2, 0.25) is 0 Å². The minimum atomic E-state index is -0.182. The molecule has 0 radical (unpaired) electrons. The molecule has 0 aliphatic rings. The minimum Gasteiger partial charge on any atom is -0.323 e. The van der Waals surface area contributed by atoms with Gasteiger partial charge < -0.3 is 4.90 Å². The van der Waals surface area contributed by atoms with Crippen LogP contribution in [0.25, 0.3) is 10.2 Å². The van der Waals surface area contributed by atoms with Gasteiger partial charge in [0.15, 0.2) is 5.13 Å². The molecule has 0 saturated heterocycles. The van der Waals surface area contributed by atoms with Crippen LogP contribution < -0.4 is 5.32 Å². The SMILES string of the molecule is CN(Cc1cnn(C)c1)C(=O)Nc1nc2ccccc2s1. The van der Waals surface area contributed by atoms with Crippen LogP contribution in [0.3, 0.4) is 0 Å². The Morgan fingerprint density at radius 1 is 1.43 bits per heavy atom. The van der Waals surface area contributed by atoms with Crippen molar-refractivity contribution < 1.29 is 4.79 Å². The number of thiazole rings is 1. The van der Waals surface area contributed by atoms with E-state index in [0.717, 1.165) is 15.8 Å². The molecule has 0 unspecified atom stereocenters. The maximum atomic E-state index is 12.2. The van der Waals surface area contributed by atoms with Crippen LogP contribution in [-0.4, -0.2) is 32.7 Å². The second kappa shape index (κ2) is 5.53. The van der Waals surface area contributed by atoms with Gasteiger partial charge in [-0.2, -0.15) is 5.10 Å². The Morgan fingerprint density at radius 2 is 2.24 bits per heavy atom. The molecule has 0 aliphatic carbocycles. The summed E-state index contributed by atoms with van der Waals surface area (Å²) in [7, 11) is 3.60. The lowest BCUT2D eigenvalue weighted by molar-refractivity contribution is 0.220. The van der Waals surface area contributed by atoms with Crippen molar-refractivity contribution in [3.63, 3.8) is 0 Å². The van der Waals surface area contributed by atoms with Crippen molar-refractivity contribution in [2.75, 3.05) is 12.4 Å². The Hall–Kier alpha value is -2.41. The van der Waals surface area contributed by atoms with E-state index in [4.69, 9.17) is 0 Å². The molecule has 0 aliphatic heterocycles. The van der Waals surface area contributed by atoms with E-state index in [1.807, 2.05) is 37.5 Å². The number of hydrogen-bond acceptors (Lipinski definition) is 4. The Morgan fingerprint density at radius 3 is 2.95 bits per heavy atom. The van der Waals surface area contributed by atoms with E-state index in [9.17, 15) is 4.79 Å². The average Bonchev–Trinajstić information content (AvgIpc) is 3.04. The van der Waals surface area contributed by atoms with Crippen LogP contribution in [0.1, 0.15) is 5.56 Å². The Balaban J connectivity index is 1.67. The second-order valence-electron chi connectivity index (χ2n) is 4.80. The van der Waals surface area contributed by atoms with Gasteiger partial charge in [-0.05, 0) is 12.1 Å². The predicted molar refractivity (Wildman–Crippen MR) is 83.3 cm³/mol. The predicted octanol–water partition coefficient (Wildman–Crippen LogP) is 2.69. The van der Waals surface area contributed by atoms with E-state index in [-0.39, 0.29) is 6.03 Å². The molecule has 2 aromatic heterocycles. The Kier molecular flexibility index (Phi) is 3.57. The number of urea groups is 1. The van der Waals surface area contributed by atoms with Gasteiger partial charge in [-0.15, -0.1) is 0 Å². The lowest BCUT2D eigenvalue weighted by Gasteiger charge is -2.15. The maximum Gasteiger partial charge on any atom is 0.323 e. The fraction of sp³-hybridized carbons (Fsp3) is 0.214. The summed E-state index contributed by atoms with van der Waals surface area (Å²) >= 11 is 1.47. The average molecular weight is 301 g/mol. The van der Waals surface area contributed by atoms with Crippen LogP contribution in [0, 0.1) is 0 Å². The van der Waals surface area contributed by atoms with Crippen LogP contribution in [0.5, 0.6) is 0 Å². The first-order valence-corrected chi connectivity index (χ1v) is 7.28. The maximum absolute atomic E-state index is 12.2. The first-order valence-electron chi connectivity index (χ1n) is 6.47. The molecule has 3 rings (SSSR count). The standard InChI is InChI=1S/C14H15N5OS/c1-18(8-10-7-15-19(2)9-10)14(20)17-13-16-11-5-3-4-6-12(11)21-13/h3-7,9H,8H2,1-2H3,(H,16,17,20). The van der Waals surface area contributed by atoms with Crippen molar-refractivity contribution in [2.24, 2.45) is 7.05 Å². The lowest BCUT2D eigenvalue weighted by atomic mass is 10.3. The fourth-order valence-electron chi connectivity index (χ4n) is 2.01. The number of aryl methyl sites for hydroxylation is 1. The number of hydrogen-bond donors (Lipinski definition) is 1. The van der Waals surface area contributed by atoms with Gasteiger partial charge in [0, 0.05) is 25.9 Å². The van der Waals surface area contributed by atoms with E-state index in [1.165, 1.54) is 11.3 Å². The summed E-state index contributed by atoms with van der Waals surface area (Å²) in [5, 5.41) is 7.53. The molecule has 0 fully saturated rings. The quantitative estimate of drug-likeness (QED) is 0.809. The van der Waals surface area contributed by atoms with Crippen molar-refractivity contribution in [1.29, 1.82) is 0 Å². The van der Waals surface area contributed by atoms with Gasteiger partial charge in [0.05, 0.1) is 23.0 Å². The summed E-state index contributed by atoms with van der Waals surface area (Å²) in [5.74, 6) is 0. The molecule has 1 N–H and O–H groups in total. The Labute approximate surface area is 126 Å². The highest BCUT2D eigenvalue weighted by atomic mass is 32.1. The van der Waals surface area contributed by atoms with Gasteiger partial charge in [0.25, 0.3) is 0 Å². The highest BCUT2D eigenvalue weighted by Gasteiger charge is 2.12. The van der Waals surface area contributed by atoms with Crippen molar-refractivity contribution in [3.05, 3.63) is 42.2 Å². The van der Waals surface area contributed by atoms with Crippen LogP contribution in [0.4, 0.5) is 9.93 Å². The number of carbonyl (C=O) groups excluding carboxylic acids is 1. The van der Waals surface area contributed by atoms with Crippen molar-refractivity contribution in [1.82, 2.24) is 19.7 Å². The molecule has 0 atom stereocenters. The number of benzene rings is 1. The van der Waals surface area contributed by atoms with E-state index < -0.39 is 0 Å². The molecule has 0 bridgehead atoms. The van der Waals surface area contributed by atoms with Crippen LogP contribution in [0.15, 0.2) is 36.7 Å². The summed E-state index contributed by atoms with van der Waals surface area (Å²) in [4.78, 5) is 18.1. The van der Waals surface area contributed by atoms with E-state index in [2.05, 4.69) is 15.4 Å². The zero-order valence-corrected chi connectivity index (χ0v) is 12.6. The van der Waals surface area contributed by atoms with Crippen LogP contribution >= 0.6 is 11.3 Å². The summed E-state index contributed by atoms with van der Waals surface area (Å²) in [6, 6.07) is 7.63. The third-order valence-corrected chi connectivity index (χ3v) is 3.98. The first-order chi connectivity index (χ1) is 10.1. The van der Waals surface area contributed by atoms with Gasteiger partial charge in [0.1, 0.15) is 0 Å². The number of fused-ring (bicyclic) bond motifs is 1. The van der Waals surface area contributed by atoms with Gasteiger partial charge in [-0.25, -0.2) is 9.78 Å². The molecular formula is C14H15N5OS.